The largest absolute Gasteiger partial charge is 0.306 e. The summed E-state index contributed by atoms with van der Waals surface area (Å²) in [4.78, 5) is 2.51. The van der Waals surface area contributed by atoms with E-state index in [0.717, 1.165) is 5.92 Å². The molecule has 0 bridgehead atoms. The topological polar surface area (TPSA) is 3.24 Å². The molecule has 0 fully saturated rings. The van der Waals surface area contributed by atoms with E-state index in [4.69, 9.17) is 0 Å². The minimum absolute atomic E-state index is 0.876. The molecule has 1 nitrogen and oxygen atoms in total. The van der Waals surface area contributed by atoms with Crippen molar-refractivity contribution in [1.29, 1.82) is 0 Å². The van der Waals surface area contributed by atoms with Gasteiger partial charge in [0.2, 0.25) is 0 Å². The van der Waals surface area contributed by atoms with Gasteiger partial charge in [-0.3, -0.25) is 0 Å². The normalized spacial score (nSPS) is 13.4. The van der Waals surface area contributed by atoms with Gasteiger partial charge in [-0.25, -0.2) is 0 Å². The third kappa shape index (κ3) is 10.2. The predicted octanol–water partition coefficient (Wildman–Crippen LogP) is 4.32. The van der Waals surface area contributed by atoms with Crippen molar-refractivity contribution in [3.05, 3.63) is 0 Å². The van der Waals surface area contributed by atoms with Crippen molar-refractivity contribution in [2.45, 2.75) is 65.7 Å². The van der Waals surface area contributed by atoms with Crippen molar-refractivity contribution in [3.8, 4) is 0 Å². The second kappa shape index (κ2) is 10.5. The Kier molecular flexibility index (Phi) is 10.4. The molecule has 0 N–H and O–H groups in total. The molecular weight excluding hydrogens is 182 g/mol. The highest BCUT2D eigenvalue weighted by Gasteiger charge is 2.05. The Labute approximate surface area is 97.2 Å². The Morgan fingerprint density at radius 2 is 1.60 bits per heavy atom. The van der Waals surface area contributed by atoms with E-state index in [1.165, 1.54) is 58.0 Å². The highest BCUT2D eigenvalue weighted by atomic mass is 15.1. The third-order valence-electron chi connectivity index (χ3n) is 3.07. The van der Waals surface area contributed by atoms with E-state index in [9.17, 15) is 0 Å². The molecule has 92 valence electrons. The maximum absolute atomic E-state index is 2.51. The first kappa shape index (κ1) is 15.0. The van der Waals surface area contributed by atoms with E-state index in [0.29, 0.717) is 0 Å². The summed E-state index contributed by atoms with van der Waals surface area (Å²) in [6.45, 7) is 9.51. The van der Waals surface area contributed by atoms with Crippen molar-refractivity contribution >= 4 is 0 Å². The van der Waals surface area contributed by atoms with Crippen LogP contribution >= 0.6 is 0 Å². The summed E-state index contributed by atoms with van der Waals surface area (Å²) in [5.74, 6) is 0.876. The van der Waals surface area contributed by atoms with E-state index >= 15 is 0 Å². The van der Waals surface area contributed by atoms with Crippen molar-refractivity contribution in [2.24, 2.45) is 5.92 Å². The smallest absolute Gasteiger partial charge is 0.000397 e. The van der Waals surface area contributed by atoms with Gasteiger partial charge < -0.3 is 4.90 Å². The van der Waals surface area contributed by atoms with Crippen LogP contribution < -0.4 is 0 Å². The van der Waals surface area contributed by atoms with E-state index in [2.05, 4.69) is 32.7 Å². The van der Waals surface area contributed by atoms with Crippen LogP contribution in [0, 0.1) is 5.92 Å². The van der Waals surface area contributed by atoms with Crippen LogP contribution in [0.2, 0.25) is 0 Å². The lowest BCUT2D eigenvalue weighted by Gasteiger charge is -2.21. The summed E-state index contributed by atoms with van der Waals surface area (Å²) in [6.07, 6.45) is 9.66. The van der Waals surface area contributed by atoms with E-state index in [1.807, 2.05) is 0 Å². The summed E-state index contributed by atoms with van der Waals surface area (Å²) >= 11 is 0. The molecule has 0 aliphatic heterocycles. The van der Waals surface area contributed by atoms with Crippen molar-refractivity contribution in [2.75, 3.05) is 20.1 Å². The summed E-state index contributed by atoms with van der Waals surface area (Å²) in [5.41, 5.74) is 0. The van der Waals surface area contributed by atoms with Gasteiger partial charge in [0.05, 0.1) is 0 Å². The maximum Gasteiger partial charge on any atom is 0.000397 e. The lowest BCUT2D eigenvalue weighted by atomic mass is 10.0. The van der Waals surface area contributed by atoms with Crippen molar-refractivity contribution < 1.29 is 0 Å². The van der Waals surface area contributed by atoms with Gasteiger partial charge >= 0.3 is 0 Å². The van der Waals surface area contributed by atoms with Crippen molar-refractivity contribution in [1.82, 2.24) is 4.90 Å². The van der Waals surface area contributed by atoms with E-state index in [1.54, 1.807) is 0 Å². The first-order valence-corrected chi connectivity index (χ1v) is 6.89. The molecule has 0 rings (SSSR count). The Morgan fingerprint density at radius 1 is 0.933 bits per heavy atom. The zero-order valence-electron chi connectivity index (χ0n) is 11.4. The summed E-state index contributed by atoms with van der Waals surface area (Å²) < 4.78 is 0. The molecule has 0 spiro atoms. The van der Waals surface area contributed by atoms with Crippen LogP contribution in [0.4, 0.5) is 0 Å². The quantitative estimate of drug-likeness (QED) is 0.488. The molecule has 0 radical (unpaired) electrons. The fourth-order valence-electron chi connectivity index (χ4n) is 2.08. The maximum atomic E-state index is 2.51. The molecule has 0 amide bonds. The fourth-order valence-corrected chi connectivity index (χ4v) is 2.08. The van der Waals surface area contributed by atoms with Crippen LogP contribution in [-0.2, 0) is 0 Å². The molecule has 0 aliphatic carbocycles. The van der Waals surface area contributed by atoms with Crippen LogP contribution in [0.1, 0.15) is 65.7 Å². The minimum atomic E-state index is 0.876. The van der Waals surface area contributed by atoms with Crippen molar-refractivity contribution in [3.63, 3.8) is 0 Å². The second-order valence-corrected chi connectivity index (χ2v) is 5.07. The highest BCUT2D eigenvalue weighted by molar-refractivity contribution is 4.59. The molecule has 1 atom stereocenters. The molecule has 1 unspecified atom stereocenters. The van der Waals surface area contributed by atoms with Gasteiger partial charge in [-0.2, -0.15) is 0 Å². The van der Waals surface area contributed by atoms with Gasteiger partial charge in [0.25, 0.3) is 0 Å². The first-order valence-electron chi connectivity index (χ1n) is 6.89. The molecular formula is C14H31N. The molecule has 0 heterocycles. The monoisotopic (exact) mass is 213 g/mol. The lowest BCUT2D eigenvalue weighted by Crippen LogP contribution is -2.25. The number of hydrogen-bond donors (Lipinski definition) is 0. The lowest BCUT2D eigenvalue weighted by molar-refractivity contribution is 0.270. The number of unbranched alkanes of at least 4 members (excludes halogenated alkanes) is 4. The van der Waals surface area contributed by atoms with Gasteiger partial charge in [0, 0.05) is 6.54 Å². The van der Waals surface area contributed by atoms with E-state index in [-0.39, 0.29) is 0 Å². The molecule has 0 saturated carbocycles. The molecule has 0 aromatic carbocycles. The first-order chi connectivity index (χ1) is 7.20. The third-order valence-corrected chi connectivity index (χ3v) is 3.07. The van der Waals surface area contributed by atoms with Gasteiger partial charge in [-0.15, -0.1) is 0 Å². The Bertz CT molecular complexity index is 123. The molecule has 0 saturated heterocycles. The summed E-state index contributed by atoms with van der Waals surface area (Å²) in [7, 11) is 2.27. The zero-order valence-corrected chi connectivity index (χ0v) is 11.4. The molecule has 0 aromatic rings. The van der Waals surface area contributed by atoms with Crippen LogP contribution in [0.3, 0.4) is 0 Å². The minimum Gasteiger partial charge on any atom is -0.306 e. The number of nitrogens with zero attached hydrogens (tertiary/aromatic N) is 1. The number of rotatable bonds is 10. The van der Waals surface area contributed by atoms with Gasteiger partial charge in [0.15, 0.2) is 0 Å². The van der Waals surface area contributed by atoms with Gasteiger partial charge in [-0.1, -0.05) is 52.9 Å². The van der Waals surface area contributed by atoms with Gasteiger partial charge in [0.1, 0.15) is 0 Å². The van der Waals surface area contributed by atoms with Crippen LogP contribution in [0.25, 0.3) is 0 Å². The van der Waals surface area contributed by atoms with E-state index < -0.39 is 0 Å². The predicted molar refractivity (Wildman–Crippen MR) is 70.3 cm³/mol. The summed E-state index contributed by atoms with van der Waals surface area (Å²) in [5, 5.41) is 0. The number of hydrogen-bond acceptors (Lipinski definition) is 1. The average molecular weight is 213 g/mol. The standard InChI is InChI=1S/C14H31N/c1-5-7-9-10-12-15(4)13-14(3)11-8-6-2/h14H,5-13H2,1-4H3. The fraction of sp³-hybridized carbons (Fsp3) is 1.00. The van der Waals surface area contributed by atoms with Crippen LogP contribution in [0.15, 0.2) is 0 Å². The highest BCUT2D eigenvalue weighted by Crippen LogP contribution is 2.09. The molecule has 15 heavy (non-hydrogen) atoms. The van der Waals surface area contributed by atoms with Crippen LogP contribution in [0.5, 0.6) is 0 Å². The average Bonchev–Trinajstić information content (AvgIpc) is 2.21. The van der Waals surface area contributed by atoms with Gasteiger partial charge in [-0.05, 0) is 32.4 Å². The second-order valence-electron chi connectivity index (χ2n) is 5.07. The van der Waals surface area contributed by atoms with Crippen LogP contribution in [-0.4, -0.2) is 25.0 Å². The Balaban J connectivity index is 3.33. The molecule has 1 heteroatoms. The SMILES string of the molecule is CCCCCCN(C)CC(C)CCCC. The Morgan fingerprint density at radius 3 is 2.20 bits per heavy atom. The Hall–Kier alpha value is -0.0400. The zero-order chi connectivity index (χ0) is 11.5. The summed E-state index contributed by atoms with van der Waals surface area (Å²) in [6, 6.07) is 0. The molecule has 0 aromatic heterocycles. The molecule has 0 aliphatic rings.